The second-order valence-corrected chi connectivity index (χ2v) is 7.77. The molecule has 2 bridgehead atoms. The van der Waals surface area contributed by atoms with Crippen LogP contribution in [-0.2, 0) is 14.4 Å². The van der Waals surface area contributed by atoms with Gasteiger partial charge in [0.1, 0.15) is 6.54 Å². The number of nitro groups is 1. The minimum absolute atomic E-state index is 0.0801. The standard InChI is InChI=1S/C19H17N3O5/c23-15(20-9-1-3-10(4-2-9)22(26)27)8-21-18(24)16-11-5-6-12(14-7-13(11)14)17(16)19(21)25/h1-6,11-14,16-17H,7-8H2,(H,20,23)/t11-,12-,13-,14-,16-,17+/m0/s1. The lowest BCUT2D eigenvalue weighted by Gasteiger charge is -2.37. The summed E-state index contributed by atoms with van der Waals surface area (Å²) >= 11 is 0. The summed E-state index contributed by atoms with van der Waals surface area (Å²) in [5, 5.41) is 13.3. The molecule has 8 heteroatoms. The molecule has 0 aromatic heterocycles. The third-order valence-corrected chi connectivity index (χ3v) is 6.42. The highest BCUT2D eigenvalue weighted by molar-refractivity contribution is 6.09. The summed E-state index contributed by atoms with van der Waals surface area (Å²) in [6, 6.07) is 5.40. The van der Waals surface area contributed by atoms with Gasteiger partial charge >= 0.3 is 0 Å². The Labute approximate surface area is 154 Å². The highest BCUT2D eigenvalue weighted by Crippen LogP contribution is 2.65. The van der Waals surface area contributed by atoms with Gasteiger partial charge in [-0.15, -0.1) is 0 Å². The van der Waals surface area contributed by atoms with Crippen LogP contribution < -0.4 is 5.32 Å². The topological polar surface area (TPSA) is 110 Å². The van der Waals surface area contributed by atoms with Crippen molar-refractivity contribution in [3.05, 3.63) is 46.5 Å². The first-order chi connectivity index (χ1) is 13.0. The van der Waals surface area contributed by atoms with E-state index in [0.29, 0.717) is 17.5 Å². The van der Waals surface area contributed by atoms with Crippen LogP contribution in [0.2, 0.25) is 0 Å². The van der Waals surface area contributed by atoms with Crippen molar-refractivity contribution in [2.45, 2.75) is 6.42 Å². The second-order valence-electron chi connectivity index (χ2n) is 7.77. The molecule has 1 N–H and O–H groups in total. The molecular weight excluding hydrogens is 350 g/mol. The molecule has 8 nitrogen and oxygen atoms in total. The molecule has 0 radical (unpaired) electrons. The summed E-state index contributed by atoms with van der Waals surface area (Å²) in [5.41, 5.74) is 0.300. The van der Waals surface area contributed by atoms with Gasteiger partial charge in [-0.1, -0.05) is 12.2 Å². The predicted molar refractivity (Wildman–Crippen MR) is 93.1 cm³/mol. The maximum atomic E-state index is 12.8. The molecule has 6 rings (SSSR count). The minimum atomic E-state index is -0.526. The van der Waals surface area contributed by atoms with E-state index >= 15 is 0 Å². The molecule has 1 saturated heterocycles. The van der Waals surface area contributed by atoms with Crippen LogP contribution >= 0.6 is 0 Å². The predicted octanol–water partition coefficient (Wildman–Crippen LogP) is 1.59. The Morgan fingerprint density at radius 2 is 1.63 bits per heavy atom. The fourth-order valence-electron chi connectivity index (χ4n) is 5.19. The number of amides is 3. The number of carbonyl (C=O) groups is 3. The van der Waals surface area contributed by atoms with Gasteiger partial charge in [0.2, 0.25) is 17.7 Å². The fourth-order valence-corrected chi connectivity index (χ4v) is 5.19. The summed E-state index contributed by atoms with van der Waals surface area (Å²) in [6.07, 6.45) is 5.27. The zero-order valence-corrected chi connectivity index (χ0v) is 14.3. The Kier molecular flexibility index (Phi) is 3.28. The van der Waals surface area contributed by atoms with Crippen LogP contribution in [-0.4, -0.2) is 34.1 Å². The van der Waals surface area contributed by atoms with Crippen LogP contribution in [0, 0.1) is 45.6 Å². The second kappa shape index (κ2) is 5.48. The Bertz CT molecular complexity index is 872. The van der Waals surface area contributed by atoms with Gasteiger partial charge in [-0.05, 0) is 42.2 Å². The highest BCUT2D eigenvalue weighted by atomic mass is 16.6. The van der Waals surface area contributed by atoms with Crippen LogP contribution in [0.3, 0.4) is 0 Å². The SMILES string of the molecule is O=C(CN1C(=O)[C@@H]2[C@H]3C=C[C@@H]([C@@H]4C[C@@H]34)[C@@H]2C1=O)Nc1ccc([N+](=O)[O-])cc1. The van der Waals surface area contributed by atoms with Crippen LogP contribution in [0.15, 0.2) is 36.4 Å². The molecule has 1 aromatic rings. The number of imide groups is 1. The third-order valence-electron chi connectivity index (χ3n) is 6.42. The first kappa shape index (κ1) is 16.2. The summed E-state index contributed by atoms with van der Waals surface area (Å²) in [4.78, 5) is 49.2. The molecule has 138 valence electrons. The summed E-state index contributed by atoms with van der Waals surface area (Å²) in [6.45, 7) is -0.323. The quantitative estimate of drug-likeness (QED) is 0.376. The summed E-state index contributed by atoms with van der Waals surface area (Å²) in [5.74, 6) is -0.309. The van der Waals surface area contributed by atoms with Crippen molar-refractivity contribution in [3.63, 3.8) is 0 Å². The van der Waals surface area contributed by atoms with Gasteiger partial charge in [-0.25, -0.2) is 0 Å². The molecule has 3 fully saturated rings. The van der Waals surface area contributed by atoms with E-state index in [9.17, 15) is 24.5 Å². The van der Waals surface area contributed by atoms with E-state index in [1.54, 1.807) is 0 Å². The van der Waals surface area contributed by atoms with E-state index in [1.807, 2.05) is 0 Å². The monoisotopic (exact) mass is 367 g/mol. The van der Waals surface area contributed by atoms with Crippen LogP contribution in [0.4, 0.5) is 11.4 Å². The molecule has 1 aliphatic heterocycles. The Morgan fingerprint density at radius 3 is 2.15 bits per heavy atom. The zero-order chi connectivity index (χ0) is 18.9. The molecule has 6 atom stereocenters. The highest BCUT2D eigenvalue weighted by Gasteiger charge is 2.67. The van der Waals surface area contributed by atoms with Crippen molar-refractivity contribution >= 4 is 29.1 Å². The number of hydrogen-bond acceptors (Lipinski definition) is 5. The fraction of sp³-hybridized carbons (Fsp3) is 0.421. The molecule has 5 aliphatic rings. The van der Waals surface area contributed by atoms with Crippen LogP contribution in [0.1, 0.15) is 6.42 Å². The molecule has 0 spiro atoms. The number of anilines is 1. The first-order valence-corrected chi connectivity index (χ1v) is 9.03. The number of hydrogen-bond donors (Lipinski definition) is 1. The van der Waals surface area contributed by atoms with E-state index in [-0.39, 0.29) is 47.7 Å². The van der Waals surface area contributed by atoms with Crippen molar-refractivity contribution in [1.82, 2.24) is 4.90 Å². The molecule has 4 aliphatic carbocycles. The van der Waals surface area contributed by atoms with Gasteiger partial charge in [-0.2, -0.15) is 0 Å². The largest absolute Gasteiger partial charge is 0.325 e. The Morgan fingerprint density at radius 1 is 1.07 bits per heavy atom. The number of rotatable bonds is 4. The lowest BCUT2D eigenvalue weighted by Crippen LogP contribution is -2.40. The van der Waals surface area contributed by atoms with Gasteiger partial charge in [0.05, 0.1) is 16.8 Å². The molecule has 1 aromatic carbocycles. The lowest BCUT2D eigenvalue weighted by atomic mass is 9.63. The van der Waals surface area contributed by atoms with Crippen molar-refractivity contribution in [2.75, 3.05) is 11.9 Å². The Balaban J connectivity index is 1.29. The number of nitrogens with one attached hydrogen (secondary N) is 1. The summed E-state index contributed by atoms with van der Waals surface area (Å²) < 4.78 is 0. The normalized spacial score (nSPS) is 35.0. The number of non-ortho nitro benzene ring substituents is 1. The van der Waals surface area contributed by atoms with Crippen molar-refractivity contribution in [2.24, 2.45) is 35.5 Å². The molecule has 3 amide bonds. The first-order valence-electron chi connectivity index (χ1n) is 9.03. The van der Waals surface area contributed by atoms with E-state index in [1.165, 1.54) is 24.3 Å². The average molecular weight is 367 g/mol. The van der Waals surface area contributed by atoms with E-state index in [4.69, 9.17) is 0 Å². The van der Waals surface area contributed by atoms with Crippen LogP contribution in [0.25, 0.3) is 0 Å². The Hall–Kier alpha value is -3.03. The number of nitrogens with zero attached hydrogens (tertiary/aromatic N) is 2. The molecule has 0 unspecified atom stereocenters. The summed E-state index contributed by atoms with van der Waals surface area (Å²) in [7, 11) is 0. The van der Waals surface area contributed by atoms with Gasteiger partial charge in [-0.3, -0.25) is 29.4 Å². The maximum absolute atomic E-state index is 12.8. The number of likely N-dealkylation sites (tertiary alicyclic amines) is 1. The minimum Gasteiger partial charge on any atom is -0.325 e. The van der Waals surface area contributed by atoms with Gasteiger partial charge in [0.25, 0.3) is 5.69 Å². The maximum Gasteiger partial charge on any atom is 0.269 e. The number of allylic oxidation sites excluding steroid dienone is 2. The van der Waals surface area contributed by atoms with E-state index < -0.39 is 10.8 Å². The molecule has 1 heterocycles. The van der Waals surface area contributed by atoms with Gasteiger partial charge in [0.15, 0.2) is 0 Å². The molecular formula is C19H17N3O5. The average Bonchev–Trinajstić information content (AvgIpc) is 3.43. The van der Waals surface area contributed by atoms with E-state index in [0.717, 1.165) is 11.3 Å². The van der Waals surface area contributed by atoms with Crippen molar-refractivity contribution in [3.8, 4) is 0 Å². The molecule has 2 saturated carbocycles. The van der Waals surface area contributed by atoms with Crippen LogP contribution in [0.5, 0.6) is 0 Å². The number of nitro benzene ring substituents is 1. The van der Waals surface area contributed by atoms with Crippen molar-refractivity contribution in [1.29, 1.82) is 0 Å². The van der Waals surface area contributed by atoms with Gasteiger partial charge < -0.3 is 5.32 Å². The molecule has 27 heavy (non-hydrogen) atoms. The third kappa shape index (κ3) is 2.32. The van der Waals surface area contributed by atoms with Crippen molar-refractivity contribution < 1.29 is 19.3 Å². The smallest absolute Gasteiger partial charge is 0.269 e. The lowest BCUT2D eigenvalue weighted by molar-refractivity contribution is -0.384. The zero-order valence-electron chi connectivity index (χ0n) is 14.3. The number of carbonyl (C=O) groups excluding carboxylic acids is 3. The van der Waals surface area contributed by atoms with E-state index in [2.05, 4.69) is 17.5 Å². The van der Waals surface area contributed by atoms with Gasteiger partial charge in [0, 0.05) is 17.8 Å². The number of benzene rings is 1.